The third-order valence-corrected chi connectivity index (χ3v) is 6.32. The number of hydrogen-bond donors (Lipinski definition) is 1. The summed E-state index contributed by atoms with van der Waals surface area (Å²) in [6.45, 7) is 7.85. The first-order valence-electron chi connectivity index (χ1n) is 11.1. The van der Waals surface area contributed by atoms with Crippen LogP contribution in [0.2, 0.25) is 0 Å². The summed E-state index contributed by atoms with van der Waals surface area (Å²) in [5, 5.41) is 12.3. The molecule has 0 spiro atoms. The fraction of sp³-hybridized carbons (Fsp3) is 0.480. The number of nitrogens with zero attached hydrogens (tertiary/aromatic N) is 3. The van der Waals surface area contributed by atoms with E-state index in [9.17, 15) is 14.7 Å². The summed E-state index contributed by atoms with van der Waals surface area (Å²) in [4.78, 5) is 30.8. The largest absolute Gasteiger partial charge is 0.491 e. The number of aromatic nitrogens is 2. The summed E-state index contributed by atoms with van der Waals surface area (Å²) in [5.74, 6) is 1.19. The van der Waals surface area contributed by atoms with Crippen LogP contribution in [0.3, 0.4) is 0 Å². The van der Waals surface area contributed by atoms with E-state index in [-0.39, 0.29) is 18.2 Å². The molecule has 0 saturated heterocycles. The second-order valence-corrected chi connectivity index (χ2v) is 9.83. The topological polar surface area (TPSA) is 84.7 Å². The van der Waals surface area contributed by atoms with E-state index in [0.29, 0.717) is 22.7 Å². The highest BCUT2D eigenvalue weighted by molar-refractivity contribution is 6.06. The van der Waals surface area contributed by atoms with Gasteiger partial charge < -0.3 is 14.4 Å². The van der Waals surface area contributed by atoms with Gasteiger partial charge in [0.05, 0.1) is 22.6 Å². The summed E-state index contributed by atoms with van der Waals surface area (Å²) in [6, 6.07) is 7.35. The van der Waals surface area contributed by atoms with Gasteiger partial charge in [0.1, 0.15) is 12.4 Å². The van der Waals surface area contributed by atoms with E-state index in [1.54, 1.807) is 17.8 Å². The first kappa shape index (κ1) is 22.1. The van der Waals surface area contributed by atoms with Gasteiger partial charge in [-0.15, -0.1) is 0 Å². The zero-order valence-corrected chi connectivity index (χ0v) is 19.4. The lowest BCUT2D eigenvalue weighted by Gasteiger charge is -2.39. The second kappa shape index (κ2) is 8.11. The number of amides is 1. The lowest BCUT2D eigenvalue weighted by molar-refractivity contribution is 0.0459. The molecule has 0 bridgehead atoms. The van der Waals surface area contributed by atoms with Crippen molar-refractivity contribution in [3.63, 3.8) is 0 Å². The van der Waals surface area contributed by atoms with Crippen molar-refractivity contribution < 1.29 is 14.6 Å². The molecule has 1 aliphatic carbocycles. The summed E-state index contributed by atoms with van der Waals surface area (Å²) in [5.41, 5.74) is 0.874. The molecule has 4 rings (SSSR count). The quantitative estimate of drug-likeness (QED) is 0.564. The molecule has 1 fully saturated rings. The highest BCUT2D eigenvalue weighted by atomic mass is 16.5. The molecule has 170 valence electrons. The van der Waals surface area contributed by atoms with E-state index < -0.39 is 11.6 Å². The van der Waals surface area contributed by atoms with Crippen LogP contribution in [-0.2, 0) is 7.05 Å². The Hall–Kier alpha value is -3.09. The van der Waals surface area contributed by atoms with Gasteiger partial charge in [0.25, 0.3) is 5.56 Å². The number of aryl methyl sites for hydroxylation is 2. The second-order valence-electron chi connectivity index (χ2n) is 9.83. The van der Waals surface area contributed by atoms with Crippen molar-refractivity contribution in [1.82, 2.24) is 14.5 Å². The fourth-order valence-electron chi connectivity index (χ4n) is 4.61. The van der Waals surface area contributed by atoms with Crippen LogP contribution in [-0.4, -0.2) is 43.8 Å². The van der Waals surface area contributed by atoms with E-state index in [0.717, 1.165) is 35.6 Å². The van der Waals surface area contributed by atoms with E-state index in [1.807, 2.05) is 52.0 Å². The van der Waals surface area contributed by atoms with Crippen LogP contribution in [0.5, 0.6) is 5.75 Å². The molecule has 1 saturated carbocycles. The van der Waals surface area contributed by atoms with Crippen LogP contribution < -0.4 is 10.3 Å². The molecular formula is C25H31N3O4. The summed E-state index contributed by atoms with van der Waals surface area (Å²) in [6.07, 6.45) is 3.88. The summed E-state index contributed by atoms with van der Waals surface area (Å²) < 4.78 is 7.75. The SMILES string of the molecule is Cc1nccc2c1c(=O)n(C)c1cc(OCC(CC3CC3)N(C(=O)O)C(C)(C)C)ccc21. The number of fused-ring (bicyclic) bond motifs is 3. The molecule has 1 aliphatic rings. The van der Waals surface area contributed by atoms with Gasteiger partial charge in [-0.2, -0.15) is 0 Å². The van der Waals surface area contributed by atoms with Gasteiger partial charge >= 0.3 is 6.09 Å². The highest BCUT2D eigenvalue weighted by Gasteiger charge is 2.37. The Bertz CT molecular complexity index is 1240. The standard InChI is InChI=1S/C25H31N3O4/c1-15-22-20(10-11-26-15)19-9-8-18(13-21(19)27(5)23(22)29)32-14-17(12-16-6-7-16)28(24(30)31)25(2,3)4/h8-11,13,16-17H,6-7,12,14H2,1-5H3,(H,30,31). The smallest absolute Gasteiger partial charge is 0.408 e. The molecular weight excluding hydrogens is 406 g/mol. The number of benzene rings is 1. The Balaban J connectivity index is 1.67. The minimum atomic E-state index is -0.928. The maximum Gasteiger partial charge on any atom is 0.408 e. The predicted octanol–water partition coefficient (Wildman–Crippen LogP) is 4.72. The average Bonchev–Trinajstić information content (AvgIpc) is 3.52. The summed E-state index contributed by atoms with van der Waals surface area (Å²) in [7, 11) is 1.75. The molecule has 1 unspecified atom stereocenters. The molecule has 3 aromatic rings. The van der Waals surface area contributed by atoms with Gasteiger partial charge in [0.15, 0.2) is 0 Å². The van der Waals surface area contributed by atoms with Crippen molar-refractivity contribution in [2.75, 3.05) is 6.61 Å². The van der Waals surface area contributed by atoms with Crippen molar-refractivity contribution in [1.29, 1.82) is 0 Å². The number of carbonyl (C=O) groups is 1. The first-order valence-corrected chi connectivity index (χ1v) is 11.1. The number of hydrogen-bond acceptors (Lipinski definition) is 4. The van der Waals surface area contributed by atoms with Crippen molar-refractivity contribution in [3.8, 4) is 5.75 Å². The van der Waals surface area contributed by atoms with Gasteiger partial charge in [-0.1, -0.05) is 12.8 Å². The van der Waals surface area contributed by atoms with Crippen LogP contribution in [0.4, 0.5) is 4.79 Å². The molecule has 1 aromatic carbocycles. The minimum absolute atomic E-state index is 0.0911. The monoisotopic (exact) mass is 437 g/mol. The Kier molecular flexibility index (Phi) is 5.61. The van der Waals surface area contributed by atoms with Gasteiger partial charge in [-0.05, 0) is 63.6 Å². The predicted molar refractivity (Wildman–Crippen MR) is 125 cm³/mol. The van der Waals surface area contributed by atoms with E-state index in [1.165, 1.54) is 4.90 Å². The van der Waals surface area contributed by atoms with Crippen molar-refractivity contribution in [2.24, 2.45) is 13.0 Å². The van der Waals surface area contributed by atoms with Crippen molar-refractivity contribution in [3.05, 3.63) is 46.5 Å². The Labute approximate surface area is 187 Å². The minimum Gasteiger partial charge on any atom is -0.491 e. The Morgan fingerprint density at radius 3 is 2.62 bits per heavy atom. The third kappa shape index (κ3) is 4.16. The normalized spacial score (nSPS) is 15.2. The van der Waals surface area contributed by atoms with Crippen LogP contribution in [0.1, 0.15) is 45.7 Å². The Morgan fingerprint density at radius 2 is 2.00 bits per heavy atom. The molecule has 0 radical (unpaired) electrons. The van der Waals surface area contributed by atoms with Gasteiger partial charge in [-0.3, -0.25) is 14.7 Å². The lowest BCUT2D eigenvalue weighted by atomic mass is 10.0. The van der Waals surface area contributed by atoms with Crippen molar-refractivity contribution in [2.45, 2.75) is 58.5 Å². The van der Waals surface area contributed by atoms with Gasteiger partial charge in [-0.25, -0.2) is 4.79 Å². The molecule has 2 heterocycles. The zero-order chi connectivity index (χ0) is 23.2. The highest BCUT2D eigenvalue weighted by Crippen LogP contribution is 2.36. The number of carboxylic acid groups (broad SMARTS) is 1. The molecule has 7 heteroatoms. The molecule has 1 amide bonds. The average molecular weight is 438 g/mol. The van der Waals surface area contributed by atoms with Crippen LogP contribution in [0, 0.1) is 12.8 Å². The first-order chi connectivity index (χ1) is 15.1. The number of pyridine rings is 2. The molecule has 7 nitrogen and oxygen atoms in total. The van der Waals surface area contributed by atoms with Gasteiger partial charge in [0, 0.05) is 30.2 Å². The van der Waals surface area contributed by atoms with E-state index in [2.05, 4.69) is 4.98 Å². The van der Waals surface area contributed by atoms with E-state index >= 15 is 0 Å². The van der Waals surface area contributed by atoms with Crippen LogP contribution >= 0.6 is 0 Å². The lowest BCUT2D eigenvalue weighted by Crippen LogP contribution is -2.53. The fourth-order valence-corrected chi connectivity index (χ4v) is 4.61. The molecule has 1 N–H and O–H groups in total. The molecule has 0 aliphatic heterocycles. The molecule has 1 atom stereocenters. The number of rotatable bonds is 6. The molecule has 2 aromatic heterocycles. The van der Waals surface area contributed by atoms with Crippen molar-refractivity contribution >= 4 is 27.8 Å². The van der Waals surface area contributed by atoms with E-state index in [4.69, 9.17) is 4.74 Å². The molecule has 32 heavy (non-hydrogen) atoms. The Morgan fingerprint density at radius 1 is 1.28 bits per heavy atom. The summed E-state index contributed by atoms with van der Waals surface area (Å²) >= 11 is 0. The number of ether oxygens (including phenoxy) is 1. The van der Waals surface area contributed by atoms with Gasteiger partial charge in [0.2, 0.25) is 0 Å². The van der Waals surface area contributed by atoms with Crippen LogP contribution in [0.15, 0.2) is 35.3 Å². The maximum atomic E-state index is 13.0. The maximum absolute atomic E-state index is 13.0. The zero-order valence-electron chi connectivity index (χ0n) is 19.4. The van der Waals surface area contributed by atoms with Crippen LogP contribution in [0.25, 0.3) is 21.7 Å². The third-order valence-electron chi connectivity index (χ3n) is 6.32.